The number of rotatable bonds is 4. The summed E-state index contributed by atoms with van der Waals surface area (Å²) in [7, 11) is 1.53. The Bertz CT molecular complexity index is 360. The fourth-order valence-corrected chi connectivity index (χ4v) is 1.14. The first-order valence-electron chi connectivity index (χ1n) is 4.91. The van der Waals surface area contributed by atoms with Gasteiger partial charge in [0.15, 0.2) is 0 Å². The van der Waals surface area contributed by atoms with E-state index in [0.29, 0.717) is 0 Å². The average molecular weight is 225 g/mol. The van der Waals surface area contributed by atoms with Crippen LogP contribution in [0.5, 0.6) is 0 Å². The molecule has 0 fully saturated rings. The Hall–Kier alpha value is -1.92. The summed E-state index contributed by atoms with van der Waals surface area (Å²) in [6.45, 7) is 3.71. The van der Waals surface area contributed by atoms with Gasteiger partial charge in [-0.25, -0.2) is 4.98 Å². The topological polar surface area (TPSA) is 91.0 Å². The molecule has 0 saturated heterocycles. The maximum Gasteiger partial charge on any atom is 0.291 e. The van der Waals surface area contributed by atoms with Crippen molar-refractivity contribution in [2.75, 3.05) is 13.6 Å². The Morgan fingerprint density at radius 2 is 2.25 bits per heavy atom. The van der Waals surface area contributed by atoms with Gasteiger partial charge in [-0.15, -0.1) is 0 Å². The molecule has 88 valence electrons. The van der Waals surface area contributed by atoms with E-state index in [1.165, 1.54) is 18.3 Å². The molecule has 0 radical (unpaired) electrons. The number of nitrogens with zero attached hydrogens (tertiary/aromatic N) is 3. The van der Waals surface area contributed by atoms with Crippen molar-refractivity contribution in [2.24, 2.45) is 0 Å². The first-order chi connectivity index (χ1) is 7.50. The Morgan fingerprint density at radius 3 is 2.75 bits per heavy atom. The van der Waals surface area contributed by atoms with Crippen molar-refractivity contribution in [3.05, 3.63) is 12.2 Å². The van der Waals surface area contributed by atoms with Crippen molar-refractivity contribution >= 4 is 11.8 Å². The first-order valence-corrected chi connectivity index (χ1v) is 4.91. The highest BCUT2D eigenvalue weighted by atomic mass is 16.2. The third-order valence-electron chi connectivity index (χ3n) is 1.79. The average Bonchev–Trinajstić information content (AvgIpc) is 2.67. The van der Waals surface area contributed by atoms with Crippen molar-refractivity contribution in [1.82, 2.24) is 25.4 Å². The highest BCUT2D eigenvalue weighted by Crippen LogP contribution is 1.94. The van der Waals surface area contributed by atoms with Crippen molar-refractivity contribution < 1.29 is 9.59 Å². The molecule has 16 heavy (non-hydrogen) atoms. The van der Waals surface area contributed by atoms with Crippen LogP contribution in [0.25, 0.3) is 0 Å². The van der Waals surface area contributed by atoms with Crippen LogP contribution >= 0.6 is 0 Å². The van der Waals surface area contributed by atoms with Gasteiger partial charge in [0.25, 0.3) is 5.91 Å². The maximum absolute atomic E-state index is 11.6. The predicted octanol–water partition coefficient (Wildman–Crippen LogP) is -0.599. The van der Waals surface area contributed by atoms with Crippen LogP contribution in [0.2, 0.25) is 0 Å². The van der Waals surface area contributed by atoms with Crippen LogP contribution in [0.15, 0.2) is 6.33 Å². The Balaban J connectivity index is 2.49. The van der Waals surface area contributed by atoms with Gasteiger partial charge in [0.05, 0.1) is 6.54 Å². The summed E-state index contributed by atoms with van der Waals surface area (Å²) in [6, 6.07) is 0.0567. The van der Waals surface area contributed by atoms with Crippen LogP contribution in [0.3, 0.4) is 0 Å². The van der Waals surface area contributed by atoms with E-state index in [4.69, 9.17) is 0 Å². The van der Waals surface area contributed by atoms with E-state index < -0.39 is 0 Å². The number of aromatic nitrogens is 3. The molecule has 7 nitrogen and oxygen atoms in total. The molecule has 0 spiro atoms. The molecule has 0 aromatic carbocycles. The SMILES string of the molecule is CC(C)NC(=O)CN(C)C(=O)c1ncn[nH]1. The van der Waals surface area contributed by atoms with E-state index in [0.717, 1.165) is 0 Å². The first kappa shape index (κ1) is 12.2. The smallest absolute Gasteiger partial charge is 0.291 e. The minimum absolute atomic E-state index is 0.00227. The zero-order valence-electron chi connectivity index (χ0n) is 9.52. The van der Waals surface area contributed by atoms with Crippen LogP contribution in [-0.2, 0) is 4.79 Å². The lowest BCUT2D eigenvalue weighted by molar-refractivity contribution is -0.122. The van der Waals surface area contributed by atoms with Crippen LogP contribution in [0.4, 0.5) is 0 Å². The van der Waals surface area contributed by atoms with Gasteiger partial charge in [-0.05, 0) is 13.8 Å². The molecular formula is C9H15N5O2. The molecule has 0 aliphatic heterocycles. The van der Waals surface area contributed by atoms with Gasteiger partial charge in [-0.3, -0.25) is 14.7 Å². The highest BCUT2D eigenvalue weighted by Gasteiger charge is 2.17. The third kappa shape index (κ3) is 3.34. The fraction of sp³-hybridized carbons (Fsp3) is 0.556. The summed E-state index contributed by atoms with van der Waals surface area (Å²) in [4.78, 5) is 28.0. The van der Waals surface area contributed by atoms with Crippen molar-refractivity contribution in [3.8, 4) is 0 Å². The molecule has 7 heteroatoms. The van der Waals surface area contributed by atoms with Gasteiger partial charge >= 0.3 is 0 Å². The quantitative estimate of drug-likeness (QED) is 0.716. The zero-order chi connectivity index (χ0) is 12.1. The summed E-state index contributed by atoms with van der Waals surface area (Å²) in [6.07, 6.45) is 1.25. The molecule has 0 atom stereocenters. The van der Waals surface area contributed by atoms with Crippen LogP contribution in [0.1, 0.15) is 24.5 Å². The van der Waals surface area contributed by atoms with Crippen LogP contribution in [0, 0.1) is 0 Å². The van der Waals surface area contributed by atoms with Crippen molar-refractivity contribution in [3.63, 3.8) is 0 Å². The zero-order valence-corrected chi connectivity index (χ0v) is 9.52. The Labute approximate surface area is 93.2 Å². The van der Waals surface area contributed by atoms with E-state index in [-0.39, 0.29) is 30.2 Å². The van der Waals surface area contributed by atoms with E-state index in [1.807, 2.05) is 13.8 Å². The molecule has 1 aromatic heterocycles. The number of hydrogen-bond donors (Lipinski definition) is 2. The van der Waals surface area contributed by atoms with Gasteiger partial charge in [0, 0.05) is 13.1 Å². The summed E-state index contributed by atoms with van der Waals surface area (Å²) in [5.41, 5.74) is 0. The second-order valence-corrected chi connectivity index (χ2v) is 3.72. The monoisotopic (exact) mass is 225 g/mol. The Kier molecular flexibility index (Phi) is 3.98. The van der Waals surface area contributed by atoms with Gasteiger partial charge in [0.2, 0.25) is 11.7 Å². The molecule has 0 unspecified atom stereocenters. The highest BCUT2D eigenvalue weighted by molar-refractivity contribution is 5.93. The van der Waals surface area contributed by atoms with Gasteiger partial charge in [-0.1, -0.05) is 0 Å². The largest absolute Gasteiger partial charge is 0.352 e. The van der Waals surface area contributed by atoms with Gasteiger partial charge in [0.1, 0.15) is 6.33 Å². The molecule has 0 aliphatic carbocycles. The molecule has 1 heterocycles. The minimum atomic E-state index is -0.364. The number of carbonyl (C=O) groups is 2. The van der Waals surface area contributed by atoms with E-state index in [2.05, 4.69) is 20.5 Å². The number of hydrogen-bond acceptors (Lipinski definition) is 4. The molecule has 2 N–H and O–H groups in total. The summed E-state index contributed by atoms with van der Waals surface area (Å²) < 4.78 is 0. The van der Waals surface area contributed by atoms with Crippen LogP contribution in [-0.4, -0.2) is 51.5 Å². The predicted molar refractivity (Wildman–Crippen MR) is 56.6 cm³/mol. The summed E-state index contributed by atoms with van der Waals surface area (Å²) >= 11 is 0. The standard InChI is InChI=1S/C9H15N5O2/c1-6(2)12-7(15)4-14(3)9(16)8-10-5-11-13-8/h5-6H,4H2,1-3H3,(H,12,15)(H,10,11,13). The molecular weight excluding hydrogens is 210 g/mol. The molecule has 0 saturated carbocycles. The number of H-pyrrole nitrogens is 1. The molecule has 1 rings (SSSR count). The lowest BCUT2D eigenvalue weighted by Crippen LogP contribution is -2.41. The molecule has 2 amide bonds. The van der Waals surface area contributed by atoms with Crippen molar-refractivity contribution in [1.29, 1.82) is 0 Å². The summed E-state index contributed by atoms with van der Waals surface area (Å²) in [5, 5.41) is 8.71. The Morgan fingerprint density at radius 1 is 1.56 bits per heavy atom. The molecule has 0 bridgehead atoms. The summed E-state index contributed by atoms with van der Waals surface area (Å²) in [5.74, 6) is -0.443. The van der Waals surface area contributed by atoms with E-state index in [9.17, 15) is 9.59 Å². The second-order valence-electron chi connectivity index (χ2n) is 3.72. The number of aromatic amines is 1. The number of nitrogens with one attached hydrogen (secondary N) is 2. The second kappa shape index (κ2) is 5.24. The molecule has 1 aromatic rings. The maximum atomic E-state index is 11.6. The number of likely N-dealkylation sites (N-methyl/N-ethyl adjacent to an activating group) is 1. The fourth-order valence-electron chi connectivity index (χ4n) is 1.14. The number of carbonyl (C=O) groups excluding carboxylic acids is 2. The van der Waals surface area contributed by atoms with Crippen molar-refractivity contribution in [2.45, 2.75) is 19.9 Å². The lowest BCUT2D eigenvalue weighted by Gasteiger charge is -2.16. The van der Waals surface area contributed by atoms with Crippen LogP contribution < -0.4 is 5.32 Å². The number of amides is 2. The lowest BCUT2D eigenvalue weighted by atomic mass is 10.3. The molecule has 0 aliphatic rings. The minimum Gasteiger partial charge on any atom is -0.352 e. The van der Waals surface area contributed by atoms with Gasteiger partial charge < -0.3 is 10.2 Å². The van der Waals surface area contributed by atoms with E-state index in [1.54, 1.807) is 0 Å². The third-order valence-corrected chi connectivity index (χ3v) is 1.79. The van der Waals surface area contributed by atoms with Gasteiger partial charge in [-0.2, -0.15) is 5.10 Å². The van der Waals surface area contributed by atoms with E-state index >= 15 is 0 Å². The normalized spacial score (nSPS) is 10.2.